The summed E-state index contributed by atoms with van der Waals surface area (Å²) in [6.45, 7) is 2.52. The first kappa shape index (κ1) is 21.5. The molecule has 2 amide bonds. The van der Waals surface area contributed by atoms with Gasteiger partial charge >= 0.3 is 5.97 Å². The number of morpholine rings is 1. The topological polar surface area (TPSA) is 92.1 Å². The lowest BCUT2D eigenvalue weighted by Crippen LogP contribution is -2.42. The summed E-state index contributed by atoms with van der Waals surface area (Å²) in [6.07, 6.45) is 3.47. The highest BCUT2D eigenvalue weighted by atomic mass is 32.2. The molecule has 162 valence electrons. The predicted octanol–water partition coefficient (Wildman–Crippen LogP) is 2.18. The lowest BCUT2D eigenvalue weighted by molar-refractivity contribution is -0.137. The number of aromatic nitrogens is 1. The third kappa shape index (κ3) is 4.65. The first-order valence-electron chi connectivity index (χ1n) is 9.84. The number of aliphatic carboxylic acids is 1. The summed E-state index contributed by atoms with van der Waals surface area (Å²) in [4.78, 5) is 39.9. The lowest BCUT2D eigenvalue weighted by Gasteiger charge is -2.27. The molecule has 4 rings (SSSR count). The van der Waals surface area contributed by atoms with E-state index in [0.717, 1.165) is 28.2 Å². The molecule has 2 fully saturated rings. The molecule has 2 saturated heterocycles. The molecule has 2 aromatic rings. The molecule has 0 spiro atoms. The molecule has 0 aliphatic carbocycles. The van der Waals surface area contributed by atoms with E-state index in [1.54, 1.807) is 11.0 Å². The number of carbonyl (C=O) groups excluding carboxylic acids is 2. The molecular formula is C21H21N3O5S2. The van der Waals surface area contributed by atoms with Crippen molar-refractivity contribution < 1.29 is 24.2 Å². The van der Waals surface area contributed by atoms with Gasteiger partial charge < -0.3 is 19.3 Å². The number of ether oxygens (including phenoxy) is 1. The van der Waals surface area contributed by atoms with Crippen LogP contribution in [0, 0.1) is 0 Å². The monoisotopic (exact) mass is 459 g/mol. The quantitative estimate of drug-likeness (QED) is 0.523. The molecule has 1 aromatic carbocycles. The van der Waals surface area contributed by atoms with Crippen LogP contribution in [0.5, 0.6) is 0 Å². The van der Waals surface area contributed by atoms with E-state index in [2.05, 4.69) is 0 Å². The molecule has 3 heterocycles. The van der Waals surface area contributed by atoms with Crippen LogP contribution < -0.4 is 0 Å². The summed E-state index contributed by atoms with van der Waals surface area (Å²) < 4.78 is 7.56. The van der Waals surface area contributed by atoms with Gasteiger partial charge in [0.1, 0.15) is 10.9 Å². The first-order valence-corrected chi connectivity index (χ1v) is 11.1. The molecule has 0 unspecified atom stereocenters. The number of para-hydroxylation sites is 1. The van der Waals surface area contributed by atoms with Crippen LogP contribution in [0.3, 0.4) is 0 Å². The molecule has 2 aliphatic heterocycles. The number of hydrogen-bond donors (Lipinski definition) is 1. The number of thiocarbonyl (C=S) groups is 1. The summed E-state index contributed by atoms with van der Waals surface area (Å²) in [7, 11) is 0. The molecule has 31 heavy (non-hydrogen) atoms. The average molecular weight is 460 g/mol. The van der Waals surface area contributed by atoms with Gasteiger partial charge in [0.15, 0.2) is 0 Å². The second-order valence-corrected chi connectivity index (χ2v) is 8.88. The molecule has 0 radical (unpaired) electrons. The summed E-state index contributed by atoms with van der Waals surface area (Å²) in [6, 6.07) is 7.71. The van der Waals surface area contributed by atoms with Crippen LogP contribution in [0.1, 0.15) is 12.0 Å². The van der Waals surface area contributed by atoms with E-state index in [9.17, 15) is 14.4 Å². The Morgan fingerprint density at radius 2 is 1.97 bits per heavy atom. The maximum atomic E-state index is 12.7. The van der Waals surface area contributed by atoms with E-state index in [1.165, 1.54) is 4.90 Å². The third-order valence-corrected chi connectivity index (χ3v) is 6.58. The van der Waals surface area contributed by atoms with Crippen molar-refractivity contribution in [2.45, 2.75) is 13.0 Å². The zero-order valence-electron chi connectivity index (χ0n) is 16.7. The second kappa shape index (κ2) is 9.21. The van der Waals surface area contributed by atoms with E-state index in [-0.39, 0.29) is 31.3 Å². The van der Waals surface area contributed by atoms with Crippen molar-refractivity contribution >= 4 is 63.1 Å². The summed E-state index contributed by atoms with van der Waals surface area (Å²) in [5.74, 6) is -1.25. The van der Waals surface area contributed by atoms with Crippen molar-refractivity contribution in [2.75, 3.05) is 32.8 Å². The van der Waals surface area contributed by atoms with Crippen LogP contribution in [0.25, 0.3) is 17.0 Å². The summed E-state index contributed by atoms with van der Waals surface area (Å²) in [5, 5.41) is 9.82. The standard InChI is InChI=1S/C21H21N3O5S2/c25-18(22-7-9-29-10-8-22)13-23-12-14(15-3-1-2-4-16(15)23)11-17-20(28)24(21(30)31-17)6-5-19(26)27/h1-4,11-12H,5-10,13H2,(H,26,27)/b17-11+. The van der Waals surface area contributed by atoms with Gasteiger partial charge in [-0.3, -0.25) is 19.3 Å². The maximum absolute atomic E-state index is 12.7. The van der Waals surface area contributed by atoms with Gasteiger partial charge in [-0.25, -0.2) is 0 Å². The van der Waals surface area contributed by atoms with E-state index < -0.39 is 5.97 Å². The van der Waals surface area contributed by atoms with Gasteiger partial charge in [-0.2, -0.15) is 0 Å². The molecule has 0 bridgehead atoms. The Morgan fingerprint density at radius 1 is 1.23 bits per heavy atom. The van der Waals surface area contributed by atoms with Gasteiger partial charge in [0.05, 0.1) is 24.5 Å². The Labute approximate surface area is 188 Å². The van der Waals surface area contributed by atoms with Gasteiger partial charge in [0.2, 0.25) is 5.91 Å². The largest absolute Gasteiger partial charge is 0.481 e. The van der Waals surface area contributed by atoms with Crippen molar-refractivity contribution in [1.82, 2.24) is 14.4 Å². The maximum Gasteiger partial charge on any atom is 0.305 e. The number of rotatable bonds is 6. The van der Waals surface area contributed by atoms with Crippen molar-refractivity contribution in [1.29, 1.82) is 0 Å². The number of carboxylic acids is 1. The minimum absolute atomic E-state index is 0.0237. The van der Waals surface area contributed by atoms with E-state index >= 15 is 0 Å². The summed E-state index contributed by atoms with van der Waals surface area (Å²) >= 11 is 6.42. The van der Waals surface area contributed by atoms with E-state index in [1.807, 2.05) is 35.0 Å². The Bertz CT molecular complexity index is 1090. The van der Waals surface area contributed by atoms with Gasteiger partial charge in [0, 0.05) is 42.3 Å². The Balaban J connectivity index is 1.60. The van der Waals surface area contributed by atoms with Gasteiger partial charge in [-0.15, -0.1) is 0 Å². The minimum Gasteiger partial charge on any atom is -0.481 e. The smallest absolute Gasteiger partial charge is 0.305 e. The number of nitrogens with zero attached hydrogens (tertiary/aromatic N) is 3. The van der Waals surface area contributed by atoms with Crippen LogP contribution in [0.4, 0.5) is 0 Å². The Hall–Kier alpha value is -2.69. The Morgan fingerprint density at radius 3 is 2.71 bits per heavy atom. The van der Waals surface area contributed by atoms with Gasteiger partial charge in [-0.1, -0.05) is 42.2 Å². The molecule has 1 N–H and O–H groups in total. The number of hydrogen-bond acceptors (Lipinski definition) is 6. The van der Waals surface area contributed by atoms with Crippen molar-refractivity contribution in [3.8, 4) is 0 Å². The van der Waals surface area contributed by atoms with E-state index in [4.69, 9.17) is 22.1 Å². The van der Waals surface area contributed by atoms with Crippen LogP contribution >= 0.6 is 24.0 Å². The zero-order chi connectivity index (χ0) is 22.0. The highest BCUT2D eigenvalue weighted by Crippen LogP contribution is 2.34. The zero-order valence-corrected chi connectivity index (χ0v) is 18.3. The molecule has 0 atom stereocenters. The van der Waals surface area contributed by atoms with Crippen LogP contribution in [-0.2, 0) is 25.7 Å². The van der Waals surface area contributed by atoms with E-state index in [0.29, 0.717) is 35.5 Å². The number of carboxylic acid groups (broad SMARTS) is 1. The first-order chi connectivity index (χ1) is 14.9. The lowest BCUT2D eigenvalue weighted by atomic mass is 10.1. The van der Waals surface area contributed by atoms with Crippen LogP contribution in [0.15, 0.2) is 35.4 Å². The van der Waals surface area contributed by atoms with Crippen molar-refractivity contribution in [3.05, 3.63) is 40.9 Å². The second-order valence-electron chi connectivity index (χ2n) is 7.20. The summed E-state index contributed by atoms with van der Waals surface area (Å²) in [5.41, 5.74) is 1.71. The highest BCUT2D eigenvalue weighted by molar-refractivity contribution is 8.26. The van der Waals surface area contributed by atoms with Crippen LogP contribution in [-0.4, -0.2) is 74.4 Å². The predicted molar refractivity (Wildman–Crippen MR) is 121 cm³/mol. The number of fused-ring (bicyclic) bond motifs is 1. The molecule has 1 aromatic heterocycles. The molecule has 0 saturated carbocycles. The Kier molecular flexibility index (Phi) is 6.40. The normalized spacial score (nSPS) is 18.4. The number of carbonyl (C=O) groups is 3. The average Bonchev–Trinajstić information content (AvgIpc) is 3.24. The minimum atomic E-state index is -0.981. The van der Waals surface area contributed by atoms with Gasteiger partial charge in [0.25, 0.3) is 5.91 Å². The molecular weight excluding hydrogens is 438 g/mol. The highest BCUT2D eigenvalue weighted by Gasteiger charge is 2.32. The third-order valence-electron chi connectivity index (χ3n) is 5.20. The van der Waals surface area contributed by atoms with Crippen molar-refractivity contribution in [3.63, 3.8) is 0 Å². The number of thioether (sulfide) groups is 1. The fourth-order valence-corrected chi connectivity index (χ4v) is 4.92. The molecule has 8 nitrogen and oxygen atoms in total. The van der Waals surface area contributed by atoms with Crippen molar-refractivity contribution in [2.24, 2.45) is 0 Å². The van der Waals surface area contributed by atoms with Crippen LogP contribution in [0.2, 0.25) is 0 Å². The number of benzene rings is 1. The fraction of sp³-hybridized carbons (Fsp3) is 0.333. The fourth-order valence-electron chi connectivity index (χ4n) is 3.62. The van der Waals surface area contributed by atoms with Gasteiger partial charge in [-0.05, 0) is 12.1 Å². The molecule has 2 aliphatic rings. The SMILES string of the molecule is O=C(O)CCN1C(=O)/C(=C\c2cn(CC(=O)N3CCOCC3)c3ccccc23)SC1=S. The number of amides is 2. The molecule has 10 heteroatoms.